The van der Waals surface area contributed by atoms with Crippen LogP contribution in [0.2, 0.25) is 5.02 Å². The van der Waals surface area contributed by atoms with Crippen molar-refractivity contribution in [2.24, 2.45) is 0 Å². The van der Waals surface area contributed by atoms with Crippen LogP contribution in [0.15, 0.2) is 30.3 Å². The molecular weight excluding hydrogens is 172 g/mol. The Balaban J connectivity index is 2.89. The molecule has 0 aliphatic heterocycles. The molecule has 0 spiro atoms. The molecule has 0 saturated carbocycles. The Hall–Kier alpha value is -0.790. The first-order valence-electron chi connectivity index (χ1n) is 3.77. The van der Waals surface area contributed by atoms with Crippen LogP contribution in [0.25, 0.3) is 5.57 Å². The van der Waals surface area contributed by atoms with Crippen LogP contribution in [0.3, 0.4) is 0 Å². The minimum absolute atomic E-state index is 0.0778. The van der Waals surface area contributed by atoms with Gasteiger partial charge in [0, 0.05) is 5.02 Å². The van der Waals surface area contributed by atoms with E-state index in [1.54, 1.807) is 6.08 Å². The van der Waals surface area contributed by atoms with Gasteiger partial charge < -0.3 is 5.11 Å². The summed E-state index contributed by atoms with van der Waals surface area (Å²) in [6.07, 6.45) is 1.77. The predicted molar refractivity (Wildman–Crippen MR) is 52.2 cm³/mol. The van der Waals surface area contributed by atoms with Crippen LogP contribution in [0.1, 0.15) is 12.5 Å². The Morgan fingerprint density at radius 3 is 2.50 bits per heavy atom. The van der Waals surface area contributed by atoms with E-state index in [1.807, 2.05) is 31.2 Å². The summed E-state index contributed by atoms with van der Waals surface area (Å²) in [5.74, 6) is 0. The van der Waals surface area contributed by atoms with Crippen LogP contribution in [-0.2, 0) is 0 Å². The van der Waals surface area contributed by atoms with E-state index in [-0.39, 0.29) is 6.61 Å². The van der Waals surface area contributed by atoms with E-state index in [0.717, 1.165) is 16.2 Å². The van der Waals surface area contributed by atoms with Crippen molar-refractivity contribution in [1.29, 1.82) is 0 Å². The molecule has 64 valence electrons. The smallest absolute Gasteiger partial charge is 0.0618 e. The molecule has 0 heterocycles. The predicted octanol–water partition coefficient (Wildman–Crippen LogP) is 2.74. The van der Waals surface area contributed by atoms with Crippen molar-refractivity contribution in [1.82, 2.24) is 0 Å². The lowest BCUT2D eigenvalue weighted by atomic mass is 10.1. The summed E-state index contributed by atoms with van der Waals surface area (Å²) in [5.41, 5.74) is 2.16. The number of aliphatic hydroxyl groups excluding tert-OH is 1. The van der Waals surface area contributed by atoms with Crippen molar-refractivity contribution < 1.29 is 5.11 Å². The summed E-state index contributed by atoms with van der Waals surface area (Å²) >= 11 is 5.72. The number of hydrogen-bond donors (Lipinski definition) is 1. The van der Waals surface area contributed by atoms with Crippen molar-refractivity contribution in [3.05, 3.63) is 40.9 Å². The molecule has 0 aliphatic rings. The lowest BCUT2D eigenvalue weighted by Crippen LogP contribution is -1.81. The first-order chi connectivity index (χ1) is 5.74. The highest BCUT2D eigenvalue weighted by molar-refractivity contribution is 6.30. The van der Waals surface area contributed by atoms with Gasteiger partial charge in [-0.05, 0) is 30.2 Å². The topological polar surface area (TPSA) is 20.2 Å². The average Bonchev–Trinajstić information content (AvgIpc) is 2.06. The minimum Gasteiger partial charge on any atom is -0.392 e. The van der Waals surface area contributed by atoms with E-state index in [2.05, 4.69) is 0 Å². The molecule has 1 nitrogen and oxygen atoms in total. The molecule has 0 fully saturated rings. The maximum Gasteiger partial charge on any atom is 0.0618 e. The molecule has 1 aromatic carbocycles. The number of allylic oxidation sites excluding steroid dienone is 1. The highest BCUT2D eigenvalue weighted by Gasteiger charge is 1.93. The van der Waals surface area contributed by atoms with Gasteiger partial charge in [0.2, 0.25) is 0 Å². The second-order valence-corrected chi connectivity index (χ2v) is 3.01. The number of benzene rings is 1. The number of rotatable bonds is 2. The van der Waals surface area contributed by atoms with Crippen LogP contribution < -0.4 is 0 Å². The van der Waals surface area contributed by atoms with Crippen LogP contribution in [0.4, 0.5) is 0 Å². The molecule has 0 bridgehead atoms. The SMILES string of the molecule is C/C(=C/CO)c1ccc(Cl)cc1. The van der Waals surface area contributed by atoms with E-state index in [9.17, 15) is 0 Å². The molecule has 0 aromatic heterocycles. The molecular formula is C10H11ClO. The highest BCUT2D eigenvalue weighted by Crippen LogP contribution is 2.16. The third-order valence-electron chi connectivity index (χ3n) is 1.70. The fourth-order valence-corrected chi connectivity index (χ4v) is 1.09. The Morgan fingerprint density at radius 1 is 1.42 bits per heavy atom. The molecule has 12 heavy (non-hydrogen) atoms. The molecule has 1 aromatic rings. The largest absolute Gasteiger partial charge is 0.392 e. The zero-order valence-electron chi connectivity index (χ0n) is 6.92. The molecule has 0 unspecified atom stereocenters. The Labute approximate surface area is 77.3 Å². The monoisotopic (exact) mass is 182 g/mol. The van der Waals surface area contributed by atoms with Crippen molar-refractivity contribution in [3.8, 4) is 0 Å². The van der Waals surface area contributed by atoms with Gasteiger partial charge >= 0.3 is 0 Å². The molecule has 1 N–H and O–H groups in total. The van der Waals surface area contributed by atoms with Gasteiger partial charge in [-0.2, -0.15) is 0 Å². The standard InChI is InChI=1S/C10H11ClO/c1-8(6-7-12)9-2-4-10(11)5-3-9/h2-6,12H,7H2,1H3/b8-6-. The molecule has 0 amide bonds. The Bertz CT molecular complexity index is 274. The number of aliphatic hydroxyl groups is 1. The zero-order valence-corrected chi connectivity index (χ0v) is 7.67. The van der Waals surface area contributed by atoms with E-state index in [0.29, 0.717) is 0 Å². The molecule has 0 radical (unpaired) electrons. The Morgan fingerprint density at radius 2 is 2.00 bits per heavy atom. The molecule has 0 aliphatic carbocycles. The van der Waals surface area contributed by atoms with Crippen LogP contribution in [0.5, 0.6) is 0 Å². The van der Waals surface area contributed by atoms with Crippen molar-refractivity contribution in [3.63, 3.8) is 0 Å². The summed E-state index contributed by atoms with van der Waals surface area (Å²) in [6.45, 7) is 2.04. The van der Waals surface area contributed by atoms with Crippen LogP contribution in [-0.4, -0.2) is 11.7 Å². The van der Waals surface area contributed by atoms with E-state index in [1.165, 1.54) is 0 Å². The first kappa shape index (κ1) is 9.30. The third kappa shape index (κ3) is 2.36. The van der Waals surface area contributed by atoms with Gasteiger partial charge in [0.15, 0.2) is 0 Å². The van der Waals surface area contributed by atoms with Gasteiger partial charge in [-0.25, -0.2) is 0 Å². The second-order valence-electron chi connectivity index (χ2n) is 2.58. The van der Waals surface area contributed by atoms with Crippen molar-refractivity contribution >= 4 is 17.2 Å². The third-order valence-corrected chi connectivity index (χ3v) is 1.95. The van der Waals surface area contributed by atoms with E-state index in [4.69, 9.17) is 16.7 Å². The molecule has 0 saturated heterocycles. The summed E-state index contributed by atoms with van der Waals surface area (Å²) in [7, 11) is 0. The zero-order chi connectivity index (χ0) is 8.97. The van der Waals surface area contributed by atoms with E-state index >= 15 is 0 Å². The summed E-state index contributed by atoms with van der Waals surface area (Å²) in [6, 6.07) is 7.55. The summed E-state index contributed by atoms with van der Waals surface area (Å²) in [4.78, 5) is 0. The van der Waals surface area contributed by atoms with Crippen molar-refractivity contribution in [2.75, 3.05) is 6.61 Å². The summed E-state index contributed by atoms with van der Waals surface area (Å²) < 4.78 is 0. The van der Waals surface area contributed by atoms with Gasteiger partial charge in [0.05, 0.1) is 6.61 Å². The fraction of sp³-hybridized carbons (Fsp3) is 0.200. The minimum atomic E-state index is 0.0778. The number of hydrogen-bond acceptors (Lipinski definition) is 1. The maximum absolute atomic E-state index is 8.65. The lowest BCUT2D eigenvalue weighted by molar-refractivity contribution is 0.343. The van der Waals surface area contributed by atoms with Crippen LogP contribution >= 0.6 is 11.6 Å². The second kappa shape index (κ2) is 4.29. The average molecular weight is 183 g/mol. The first-order valence-corrected chi connectivity index (χ1v) is 4.15. The fourth-order valence-electron chi connectivity index (χ4n) is 0.968. The van der Waals surface area contributed by atoms with E-state index < -0.39 is 0 Å². The Kier molecular flexibility index (Phi) is 3.32. The maximum atomic E-state index is 8.65. The lowest BCUT2D eigenvalue weighted by Gasteiger charge is -1.99. The molecule has 2 heteroatoms. The van der Waals surface area contributed by atoms with Gasteiger partial charge in [0.25, 0.3) is 0 Å². The van der Waals surface area contributed by atoms with Gasteiger partial charge in [-0.1, -0.05) is 29.8 Å². The van der Waals surface area contributed by atoms with Crippen LogP contribution in [0, 0.1) is 0 Å². The van der Waals surface area contributed by atoms with Gasteiger partial charge in [-0.3, -0.25) is 0 Å². The van der Waals surface area contributed by atoms with Gasteiger partial charge in [0.1, 0.15) is 0 Å². The van der Waals surface area contributed by atoms with Crippen molar-refractivity contribution in [2.45, 2.75) is 6.92 Å². The van der Waals surface area contributed by atoms with Gasteiger partial charge in [-0.15, -0.1) is 0 Å². The number of halogens is 1. The highest BCUT2D eigenvalue weighted by atomic mass is 35.5. The molecule has 0 atom stereocenters. The summed E-state index contributed by atoms with van der Waals surface area (Å²) in [5, 5.41) is 9.38. The quantitative estimate of drug-likeness (QED) is 0.746. The normalized spacial score (nSPS) is 11.8. The molecule has 1 rings (SSSR count).